The minimum absolute atomic E-state index is 0.103. The van der Waals surface area contributed by atoms with E-state index in [-0.39, 0.29) is 5.38 Å². The van der Waals surface area contributed by atoms with Gasteiger partial charge in [0.15, 0.2) is 0 Å². The summed E-state index contributed by atoms with van der Waals surface area (Å²) in [6.07, 6.45) is 1.19. The van der Waals surface area contributed by atoms with Crippen molar-refractivity contribution in [2.75, 3.05) is 0 Å². The van der Waals surface area contributed by atoms with Crippen molar-refractivity contribution >= 4 is 34.5 Å². The minimum atomic E-state index is 0.103. The Kier molecular flexibility index (Phi) is 3.40. The Hall–Kier alpha value is -0.500. The zero-order chi connectivity index (χ0) is 12.7. The van der Waals surface area contributed by atoms with E-state index in [1.54, 1.807) is 11.3 Å². The summed E-state index contributed by atoms with van der Waals surface area (Å²) < 4.78 is 0.868. The summed E-state index contributed by atoms with van der Waals surface area (Å²) in [5.74, 6) is 1.18. The quantitative estimate of drug-likeness (QED) is 0.629. The highest BCUT2D eigenvalue weighted by Gasteiger charge is 2.44. The molecule has 1 fully saturated rings. The van der Waals surface area contributed by atoms with Gasteiger partial charge >= 0.3 is 0 Å². The molecule has 3 unspecified atom stereocenters. The molecule has 0 N–H and O–H groups in total. The average Bonchev–Trinajstić information content (AvgIpc) is 3.11. The van der Waals surface area contributed by atoms with Crippen LogP contribution in [0.4, 0.5) is 0 Å². The van der Waals surface area contributed by atoms with Crippen molar-refractivity contribution in [3.8, 4) is 0 Å². The third-order valence-electron chi connectivity index (χ3n) is 3.59. The van der Waals surface area contributed by atoms with Crippen LogP contribution < -0.4 is 0 Å². The first-order valence-corrected chi connectivity index (χ1v) is 7.74. The molecule has 18 heavy (non-hydrogen) atoms. The molecule has 0 radical (unpaired) electrons. The van der Waals surface area contributed by atoms with E-state index in [0.717, 1.165) is 9.90 Å². The summed E-state index contributed by atoms with van der Waals surface area (Å²) in [6.45, 7) is 2.04. The summed E-state index contributed by atoms with van der Waals surface area (Å²) in [5.41, 5.74) is 2.55. The molecule has 1 saturated carbocycles. The minimum Gasteiger partial charge on any atom is -0.127 e. The number of rotatable bonds is 3. The molecule has 3 atom stereocenters. The fourth-order valence-electron chi connectivity index (χ4n) is 2.45. The van der Waals surface area contributed by atoms with Gasteiger partial charge in [-0.05, 0) is 42.4 Å². The molecule has 3 rings (SSSR count). The Bertz CT molecular complexity index is 527. The predicted octanol–water partition coefficient (Wildman–Crippen LogP) is 5.79. The van der Waals surface area contributed by atoms with E-state index in [0.29, 0.717) is 11.8 Å². The van der Waals surface area contributed by atoms with Crippen LogP contribution in [0, 0.1) is 12.8 Å². The Morgan fingerprint density at radius 3 is 2.61 bits per heavy atom. The van der Waals surface area contributed by atoms with Crippen LogP contribution in [0.2, 0.25) is 4.34 Å². The monoisotopic (exact) mass is 296 g/mol. The normalized spacial score (nSPS) is 23.9. The van der Waals surface area contributed by atoms with Gasteiger partial charge in [0, 0.05) is 4.88 Å². The highest BCUT2D eigenvalue weighted by molar-refractivity contribution is 7.16. The summed E-state index contributed by atoms with van der Waals surface area (Å²) in [6, 6.07) is 12.8. The van der Waals surface area contributed by atoms with Crippen molar-refractivity contribution in [2.45, 2.75) is 24.6 Å². The molecule has 3 heteroatoms. The first-order valence-electron chi connectivity index (χ1n) is 6.11. The van der Waals surface area contributed by atoms with Gasteiger partial charge in [0.2, 0.25) is 0 Å². The Morgan fingerprint density at radius 1 is 1.28 bits per heavy atom. The van der Waals surface area contributed by atoms with Crippen molar-refractivity contribution in [2.24, 2.45) is 5.92 Å². The third kappa shape index (κ3) is 2.32. The fraction of sp³-hybridized carbons (Fsp3) is 0.333. The molecule has 0 spiro atoms. The Balaban J connectivity index is 1.75. The SMILES string of the molecule is Cc1cc(C(Cl)C2CC2c2ccccc2)sc1Cl. The van der Waals surface area contributed by atoms with E-state index in [1.165, 1.54) is 16.9 Å². The van der Waals surface area contributed by atoms with E-state index in [1.807, 2.05) is 6.92 Å². The first kappa shape index (κ1) is 12.5. The number of aryl methyl sites for hydroxylation is 1. The topological polar surface area (TPSA) is 0 Å². The van der Waals surface area contributed by atoms with E-state index in [4.69, 9.17) is 23.2 Å². The lowest BCUT2D eigenvalue weighted by Gasteiger charge is -2.06. The molecule has 1 heterocycles. The van der Waals surface area contributed by atoms with E-state index in [2.05, 4.69) is 36.4 Å². The van der Waals surface area contributed by atoms with Gasteiger partial charge in [0.05, 0.1) is 9.71 Å². The zero-order valence-electron chi connectivity index (χ0n) is 10.1. The van der Waals surface area contributed by atoms with Gasteiger partial charge in [-0.1, -0.05) is 41.9 Å². The molecular weight excluding hydrogens is 283 g/mol. The number of hydrogen-bond acceptors (Lipinski definition) is 1. The standard InChI is InChI=1S/C15H14Cl2S/c1-9-7-13(18-15(9)17)14(16)12-8-11(12)10-5-3-2-4-6-10/h2-7,11-12,14H,8H2,1H3. The van der Waals surface area contributed by atoms with Gasteiger partial charge < -0.3 is 0 Å². The van der Waals surface area contributed by atoms with Gasteiger partial charge in [-0.25, -0.2) is 0 Å². The van der Waals surface area contributed by atoms with Gasteiger partial charge in [0.25, 0.3) is 0 Å². The smallest absolute Gasteiger partial charge is 0.0960 e. The van der Waals surface area contributed by atoms with E-state index in [9.17, 15) is 0 Å². The number of halogens is 2. The van der Waals surface area contributed by atoms with Crippen LogP contribution in [0.15, 0.2) is 36.4 Å². The lowest BCUT2D eigenvalue weighted by atomic mass is 10.1. The summed E-state index contributed by atoms with van der Waals surface area (Å²) in [5, 5.41) is 0.103. The van der Waals surface area contributed by atoms with E-state index < -0.39 is 0 Å². The van der Waals surface area contributed by atoms with Crippen LogP contribution in [-0.2, 0) is 0 Å². The Morgan fingerprint density at radius 2 is 2.00 bits per heavy atom. The van der Waals surface area contributed by atoms with Crippen LogP contribution in [0.1, 0.15) is 33.7 Å². The highest BCUT2D eigenvalue weighted by atomic mass is 35.5. The lowest BCUT2D eigenvalue weighted by Crippen LogP contribution is -1.92. The van der Waals surface area contributed by atoms with Crippen LogP contribution in [0.3, 0.4) is 0 Å². The van der Waals surface area contributed by atoms with Gasteiger partial charge in [-0.2, -0.15) is 0 Å². The molecule has 2 aromatic rings. The Labute approximate surface area is 122 Å². The van der Waals surface area contributed by atoms with Crippen LogP contribution in [0.5, 0.6) is 0 Å². The molecule has 0 aliphatic heterocycles. The van der Waals surface area contributed by atoms with Crippen LogP contribution in [0.25, 0.3) is 0 Å². The molecule has 0 nitrogen and oxygen atoms in total. The van der Waals surface area contributed by atoms with Gasteiger partial charge in [0.1, 0.15) is 0 Å². The predicted molar refractivity (Wildman–Crippen MR) is 80.0 cm³/mol. The molecule has 1 aromatic carbocycles. The van der Waals surface area contributed by atoms with Gasteiger partial charge in [-0.15, -0.1) is 22.9 Å². The number of thiophene rings is 1. The number of alkyl halides is 1. The van der Waals surface area contributed by atoms with Crippen LogP contribution in [-0.4, -0.2) is 0 Å². The first-order chi connectivity index (χ1) is 8.66. The van der Waals surface area contributed by atoms with Crippen molar-refractivity contribution in [1.29, 1.82) is 0 Å². The molecular formula is C15H14Cl2S. The molecule has 1 aliphatic carbocycles. The van der Waals surface area contributed by atoms with Gasteiger partial charge in [-0.3, -0.25) is 0 Å². The second-order valence-corrected chi connectivity index (χ2v) is 7.08. The number of benzene rings is 1. The fourth-order valence-corrected chi connectivity index (χ4v) is 4.20. The average molecular weight is 297 g/mol. The highest BCUT2D eigenvalue weighted by Crippen LogP contribution is 2.57. The molecule has 94 valence electrons. The van der Waals surface area contributed by atoms with E-state index >= 15 is 0 Å². The third-order valence-corrected chi connectivity index (χ3v) is 5.92. The molecule has 1 aromatic heterocycles. The molecule has 0 amide bonds. The van der Waals surface area contributed by atoms with Crippen LogP contribution >= 0.6 is 34.5 Å². The number of hydrogen-bond donors (Lipinski definition) is 0. The lowest BCUT2D eigenvalue weighted by molar-refractivity contribution is 0.775. The summed E-state index contributed by atoms with van der Waals surface area (Å²) >= 11 is 14.3. The molecule has 0 bridgehead atoms. The summed E-state index contributed by atoms with van der Waals surface area (Å²) in [4.78, 5) is 1.21. The van der Waals surface area contributed by atoms with Crippen molar-refractivity contribution < 1.29 is 0 Å². The molecule has 1 aliphatic rings. The maximum atomic E-state index is 6.59. The second kappa shape index (κ2) is 4.88. The zero-order valence-corrected chi connectivity index (χ0v) is 12.4. The largest absolute Gasteiger partial charge is 0.127 e. The van der Waals surface area contributed by atoms with Crippen molar-refractivity contribution in [1.82, 2.24) is 0 Å². The maximum Gasteiger partial charge on any atom is 0.0960 e. The van der Waals surface area contributed by atoms with Crippen molar-refractivity contribution in [3.63, 3.8) is 0 Å². The van der Waals surface area contributed by atoms with Crippen molar-refractivity contribution in [3.05, 3.63) is 56.7 Å². The summed E-state index contributed by atoms with van der Waals surface area (Å²) in [7, 11) is 0. The maximum absolute atomic E-state index is 6.59. The second-order valence-electron chi connectivity index (χ2n) is 4.92. The molecule has 0 saturated heterocycles.